The molecule has 4 aromatic rings. The number of aromatic nitrogens is 2. The number of hydrogen-bond donors (Lipinski definition) is 0. The minimum Gasteiger partial charge on any atom is -0.490 e. The van der Waals surface area contributed by atoms with E-state index in [0.29, 0.717) is 29.4 Å². The number of fused-ring (bicyclic) bond motifs is 1. The van der Waals surface area contributed by atoms with Gasteiger partial charge >= 0.3 is 11.9 Å². The average Bonchev–Trinajstić information content (AvgIpc) is 3.36. The van der Waals surface area contributed by atoms with E-state index in [9.17, 15) is 26.4 Å². The summed E-state index contributed by atoms with van der Waals surface area (Å²) in [7, 11) is -4.13. The van der Waals surface area contributed by atoms with E-state index in [-0.39, 0.29) is 11.7 Å². The molecule has 0 fully saturated rings. The summed E-state index contributed by atoms with van der Waals surface area (Å²) in [5.41, 5.74) is -0.653. The number of halogens is 3. The van der Waals surface area contributed by atoms with E-state index in [1.165, 1.54) is 0 Å². The first-order valence-corrected chi connectivity index (χ1v) is 11.4. The van der Waals surface area contributed by atoms with Crippen LogP contribution in [0.25, 0.3) is 22.6 Å². The van der Waals surface area contributed by atoms with Crippen LogP contribution in [0.1, 0.15) is 12.5 Å². The van der Waals surface area contributed by atoms with Crippen LogP contribution in [0.4, 0.5) is 13.2 Å². The molecule has 0 N–H and O–H groups in total. The minimum atomic E-state index is -4.68. The Morgan fingerprint density at radius 2 is 1.85 bits per heavy atom. The molecule has 0 amide bonds. The molecule has 174 valence electrons. The highest BCUT2D eigenvalue weighted by molar-refractivity contribution is 7.91. The maximum Gasteiger partial charge on any atom is 0.437 e. The average molecular weight is 482 g/mol. The van der Waals surface area contributed by atoms with Crippen LogP contribution in [-0.2, 0) is 22.6 Å². The zero-order valence-electron chi connectivity index (χ0n) is 17.1. The molecule has 0 aliphatic carbocycles. The standard InChI is InChI=1S/C21H17F3N2O6S/c1-2-30-16-8-3-5-13-11-17(31-18(13)16)19-25-26(20(27)32-19)9-10-33(28,29)15-7-4-6-14(12-15)21(22,23)24/h3-8,11-12H,2,9-10H2,1H3. The molecule has 0 bridgehead atoms. The number of aryl methyl sites for hydroxylation is 1. The van der Waals surface area contributed by atoms with Gasteiger partial charge in [0.2, 0.25) is 0 Å². The molecule has 0 saturated carbocycles. The van der Waals surface area contributed by atoms with Crippen LogP contribution in [0.2, 0.25) is 0 Å². The van der Waals surface area contributed by atoms with Crippen molar-refractivity contribution in [3.63, 3.8) is 0 Å². The number of rotatable bonds is 7. The monoisotopic (exact) mass is 482 g/mol. The summed E-state index contributed by atoms with van der Waals surface area (Å²) >= 11 is 0. The number of alkyl halides is 3. The van der Waals surface area contributed by atoms with Crippen molar-refractivity contribution >= 4 is 20.8 Å². The van der Waals surface area contributed by atoms with Gasteiger partial charge in [0, 0.05) is 5.39 Å². The molecular weight excluding hydrogens is 465 g/mol. The van der Waals surface area contributed by atoms with Gasteiger partial charge in [0.25, 0.3) is 5.89 Å². The summed E-state index contributed by atoms with van der Waals surface area (Å²) < 4.78 is 80.8. The Morgan fingerprint density at radius 1 is 1.09 bits per heavy atom. The van der Waals surface area contributed by atoms with E-state index in [0.717, 1.165) is 22.9 Å². The first kappa shape index (κ1) is 22.6. The third-order valence-electron chi connectivity index (χ3n) is 4.72. The lowest BCUT2D eigenvalue weighted by Crippen LogP contribution is -2.22. The van der Waals surface area contributed by atoms with E-state index in [2.05, 4.69) is 5.10 Å². The van der Waals surface area contributed by atoms with Crippen LogP contribution in [0, 0.1) is 0 Å². The second-order valence-corrected chi connectivity index (χ2v) is 9.07. The molecule has 0 saturated heterocycles. The Hall–Kier alpha value is -3.54. The number of benzene rings is 2. The Bertz CT molecular complexity index is 1470. The summed E-state index contributed by atoms with van der Waals surface area (Å²) in [5, 5.41) is 4.64. The van der Waals surface area contributed by atoms with Crippen molar-refractivity contribution in [3.05, 3.63) is 64.6 Å². The molecule has 12 heteroatoms. The van der Waals surface area contributed by atoms with Crippen molar-refractivity contribution in [2.75, 3.05) is 12.4 Å². The second-order valence-electron chi connectivity index (χ2n) is 6.96. The highest BCUT2D eigenvalue weighted by Crippen LogP contribution is 2.33. The molecule has 2 aromatic carbocycles. The van der Waals surface area contributed by atoms with Gasteiger partial charge in [0.1, 0.15) is 0 Å². The number of sulfone groups is 1. The van der Waals surface area contributed by atoms with Gasteiger partial charge < -0.3 is 13.6 Å². The molecule has 33 heavy (non-hydrogen) atoms. The molecule has 0 spiro atoms. The fourth-order valence-electron chi connectivity index (χ4n) is 3.15. The Kier molecular flexibility index (Phi) is 5.78. The predicted molar refractivity (Wildman–Crippen MR) is 111 cm³/mol. The first-order valence-electron chi connectivity index (χ1n) is 9.72. The number of furan rings is 1. The summed E-state index contributed by atoms with van der Waals surface area (Å²) in [6.07, 6.45) is -4.68. The van der Waals surface area contributed by atoms with E-state index in [4.69, 9.17) is 13.6 Å². The molecule has 2 aromatic heterocycles. The molecule has 0 radical (unpaired) electrons. The van der Waals surface area contributed by atoms with Crippen molar-refractivity contribution in [3.8, 4) is 17.4 Å². The third-order valence-corrected chi connectivity index (χ3v) is 6.41. The Morgan fingerprint density at radius 3 is 2.58 bits per heavy atom. The van der Waals surface area contributed by atoms with Gasteiger partial charge in [-0.05, 0) is 37.3 Å². The van der Waals surface area contributed by atoms with Crippen LogP contribution in [0.5, 0.6) is 5.75 Å². The van der Waals surface area contributed by atoms with Gasteiger partial charge in [-0.2, -0.15) is 17.9 Å². The number of nitrogens with zero attached hydrogens (tertiary/aromatic N) is 2. The van der Waals surface area contributed by atoms with Gasteiger partial charge in [-0.3, -0.25) is 0 Å². The first-order chi connectivity index (χ1) is 15.6. The van der Waals surface area contributed by atoms with Gasteiger partial charge in [0.15, 0.2) is 26.9 Å². The lowest BCUT2D eigenvalue weighted by atomic mass is 10.2. The maximum atomic E-state index is 12.9. The number of ether oxygens (including phenoxy) is 1. The molecule has 0 unspecified atom stereocenters. The fraction of sp³-hybridized carbons (Fsp3) is 0.238. The molecule has 8 nitrogen and oxygen atoms in total. The zero-order valence-corrected chi connectivity index (χ0v) is 17.9. The third kappa shape index (κ3) is 4.65. The molecule has 0 aliphatic heterocycles. The van der Waals surface area contributed by atoms with Gasteiger partial charge in [-0.15, -0.1) is 5.10 Å². The number of hydrogen-bond acceptors (Lipinski definition) is 7. The lowest BCUT2D eigenvalue weighted by Gasteiger charge is -2.09. The van der Waals surface area contributed by atoms with Crippen LogP contribution < -0.4 is 10.5 Å². The van der Waals surface area contributed by atoms with E-state index < -0.39 is 44.5 Å². The largest absolute Gasteiger partial charge is 0.490 e. The van der Waals surface area contributed by atoms with Gasteiger partial charge in [0.05, 0.1) is 29.4 Å². The van der Waals surface area contributed by atoms with E-state index >= 15 is 0 Å². The summed E-state index contributed by atoms with van der Waals surface area (Å²) in [6.45, 7) is 1.81. The van der Waals surface area contributed by atoms with Crippen LogP contribution in [0.3, 0.4) is 0 Å². The summed E-state index contributed by atoms with van der Waals surface area (Å²) in [4.78, 5) is 11.7. The second kappa shape index (κ2) is 8.43. The zero-order chi connectivity index (χ0) is 23.8. The molecule has 0 aliphatic rings. The van der Waals surface area contributed by atoms with Crippen molar-refractivity contribution in [2.45, 2.75) is 24.5 Å². The van der Waals surface area contributed by atoms with Crippen LogP contribution in [0.15, 0.2) is 67.1 Å². The SMILES string of the molecule is CCOc1cccc2cc(-c3nn(CCS(=O)(=O)c4cccc(C(F)(F)F)c4)c(=O)o3)oc12. The number of para-hydroxylation sites is 1. The molecule has 0 atom stereocenters. The van der Waals surface area contributed by atoms with Crippen molar-refractivity contribution in [1.29, 1.82) is 0 Å². The van der Waals surface area contributed by atoms with E-state index in [1.807, 2.05) is 6.92 Å². The van der Waals surface area contributed by atoms with Crippen LogP contribution in [-0.4, -0.2) is 30.6 Å². The van der Waals surface area contributed by atoms with Crippen molar-refractivity contribution < 1.29 is 35.2 Å². The highest BCUT2D eigenvalue weighted by atomic mass is 32.2. The highest BCUT2D eigenvalue weighted by Gasteiger charge is 2.31. The van der Waals surface area contributed by atoms with Gasteiger partial charge in [-0.1, -0.05) is 18.2 Å². The van der Waals surface area contributed by atoms with Crippen molar-refractivity contribution in [1.82, 2.24) is 9.78 Å². The van der Waals surface area contributed by atoms with Gasteiger partial charge in [-0.25, -0.2) is 13.2 Å². The summed E-state index contributed by atoms with van der Waals surface area (Å²) in [5.74, 6) is -1.14. The maximum absolute atomic E-state index is 12.9. The Labute approximate surface area is 185 Å². The summed E-state index contributed by atoms with van der Waals surface area (Å²) in [6, 6.07) is 10.2. The van der Waals surface area contributed by atoms with Crippen molar-refractivity contribution in [2.24, 2.45) is 0 Å². The quantitative estimate of drug-likeness (QED) is 0.390. The van der Waals surface area contributed by atoms with Crippen LogP contribution >= 0.6 is 0 Å². The van der Waals surface area contributed by atoms with E-state index in [1.54, 1.807) is 24.3 Å². The molecular formula is C21H17F3N2O6S. The topological polar surface area (TPSA) is 105 Å². The normalized spacial score (nSPS) is 12.4. The predicted octanol–water partition coefficient (Wildman–Crippen LogP) is 4.14. The minimum absolute atomic E-state index is 0.133. The fourth-order valence-corrected chi connectivity index (χ4v) is 4.39. The lowest BCUT2D eigenvalue weighted by molar-refractivity contribution is -0.137. The Balaban J connectivity index is 1.57. The smallest absolute Gasteiger partial charge is 0.437 e. The molecule has 4 rings (SSSR count). The molecule has 2 heterocycles.